The quantitative estimate of drug-likeness (QED) is 0.845. The van der Waals surface area contributed by atoms with E-state index in [-0.39, 0.29) is 18.1 Å². The van der Waals surface area contributed by atoms with Crippen molar-refractivity contribution in [3.63, 3.8) is 0 Å². The molecular formula is C14H19N5O2S. The maximum absolute atomic E-state index is 12.4. The number of rotatable bonds is 3. The van der Waals surface area contributed by atoms with Crippen molar-refractivity contribution in [1.82, 2.24) is 24.7 Å². The van der Waals surface area contributed by atoms with Gasteiger partial charge in [0.1, 0.15) is 11.5 Å². The van der Waals surface area contributed by atoms with E-state index in [1.807, 2.05) is 16.3 Å². The molecule has 118 valence electrons. The maximum Gasteiger partial charge on any atom is 0.369 e. The molecule has 1 aliphatic heterocycles. The van der Waals surface area contributed by atoms with Crippen molar-refractivity contribution in [1.29, 1.82) is 0 Å². The van der Waals surface area contributed by atoms with Crippen LogP contribution < -0.4 is 5.69 Å². The highest BCUT2D eigenvalue weighted by Crippen LogP contribution is 2.21. The van der Waals surface area contributed by atoms with Gasteiger partial charge >= 0.3 is 5.69 Å². The van der Waals surface area contributed by atoms with E-state index in [0.29, 0.717) is 16.8 Å². The van der Waals surface area contributed by atoms with Crippen LogP contribution in [-0.2, 0) is 11.3 Å². The summed E-state index contributed by atoms with van der Waals surface area (Å²) in [4.78, 5) is 26.5. The second kappa shape index (κ2) is 6.04. The molecular weight excluding hydrogens is 302 g/mol. The van der Waals surface area contributed by atoms with Crippen molar-refractivity contribution in [2.75, 3.05) is 13.1 Å². The van der Waals surface area contributed by atoms with Crippen molar-refractivity contribution in [2.24, 2.45) is 11.8 Å². The first kappa shape index (κ1) is 15.0. The molecule has 1 saturated heterocycles. The number of nitrogens with zero attached hydrogens (tertiary/aromatic N) is 5. The molecule has 0 N–H and O–H groups in total. The predicted octanol–water partition coefficient (Wildman–Crippen LogP) is 0.995. The minimum atomic E-state index is -0.381. The third kappa shape index (κ3) is 2.96. The number of hydrogen-bond acceptors (Lipinski definition) is 5. The maximum atomic E-state index is 12.4. The van der Waals surface area contributed by atoms with E-state index in [1.165, 1.54) is 16.0 Å². The second-order valence-electron chi connectivity index (χ2n) is 6.03. The lowest BCUT2D eigenvalue weighted by Crippen LogP contribution is -2.45. The third-order valence-corrected chi connectivity index (χ3v) is 4.70. The molecule has 22 heavy (non-hydrogen) atoms. The Balaban J connectivity index is 1.74. The highest BCUT2D eigenvalue weighted by atomic mass is 32.1. The number of carbonyl (C=O) groups is 1. The normalized spacial score (nSPS) is 22.0. The molecule has 1 amide bonds. The average Bonchev–Trinajstić information content (AvgIpc) is 3.08. The number of thiophene rings is 1. The lowest BCUT2D eigenvalue weighted by atomic mass is 9.92. The summed E-state index contributed by atoms with van der Waals surface area (Å²) in [7, 11) is 0. The van der Waals surface area contributed by atoms with Crippen molar-refractivity contribution in [3.8, 4) is 5.00 Å². The Bertz CT molecular complexity index is 695. The minimum absolute atomic E-state index is 0.0519. The Labute approximate surface area is 132 Å². The number of carbonyl (C=O) groups excluding carboxylic acids is 1. The zero-order valence-electron chi connectivity index (χ0n) is 12.7. The molecule has 7 nitrogen and oxygen atoms in total. The SMILES string of the molecule is C[C@@H]1C[C@@H](C)CN(C(=O)Cn2nnn(-c3cccs3)c2=O)C1. The van der Waals surface area contributed by atoms with Gasteiger partial charge in [0.25, 0.3) is 0 Å². The number of likely N-dealkylation sites (tertiary alicyclic amines) is 1. The van der Waals surface area contributed by atoms with Crippen LogP contribution in [0.25, 0.3) is 5.00 Å². The van der Waals surface area contributed by atoms with Crippen LogP contribution in [0.2, 0.25) is 0 Å². The molecule has 1 fully saturated rings. The standard InChI is InChI=1S/C14H19N5O2S/c1-10-6-11(2)8-17(7-10)12(20)9-18-14(21)19(16-15-18)13-4-3-5-22-13/h3-5,10-11H,6-9H2,1-2H3/t10-,11-/m1/s1. The van der Waals surface area contributed by atoms with Crippen LogP contribution in [0.1, 0.15) is 20.3 Å². The van der Waals surface area contributed by atoms with Crippen LogP contribution in [0.4, 0.5) is 0 Å². The Morgan fingerprint density at radius 3 is 2.68 bits per heavy atom. The van der Waals surface area contributed by atoms with Crippen LogP contribution in [0, 0.1) is 11.8 Å². The molecule has 0 bridgehead atoms. The zero-order chi connectivity index (χ0) is 15.7. The Morgan fingerprint density at radius 1 is 1.32 bits per heavy atom. The van der Waals surface area contributed by atoms with Gasteiger partial charge in [-0.25, -0.2) is 4.79 Å². The lowest BCUT2D eigenvalue weighted by Gasteiger charge is -2.34. The van der Waals surface area contributed by atoms with E-state index in [2.05, 4.69) is 24.3 Å². The van der Waals surface area contributed by atoms with E-state index in [4.69, 9.17) is 0 Å². The van der Waals surface area contributed by atoms with Gasteiger partial charge in [0.05, 0.1) is 0 Å². The lowest BCUT2D eigenvalue weighted by molar-refractivity contribution is -0.134. The first-order valence-corrected chi connectivity index (χ1v) is 8.27. The predicted molar refractivity (Wildman–Crippen MR) is 83.0 cm³/mol. The number of tetrazole rings is 1. The van der Waals surface area contributed by atoms with Crippen LogP contribution in [0.15, 0.2) is 22.3 Å². The monoisotopic (exact) mass is 321 g/mol. The largest absolute Gasteiger partial charge is 0.369 e. The summed E-state index contributed by atoms with van der Waals surface area (Å²) in [5.74, 6) is 0.913. The molecule has 3 heterocycles. The Kier molecular flexibility index (Phi) is 4.10. The summed E-state index contributed by atoms with van der Waals surface area (Å²) >= 11 is 1.40. The molecule has 0 radical (unpaired) electrons. The van der Waals surface area contributed by atoms with E-state index >= 15 is 0 Å². The number of amides is 1. The van der Waals surface area contributed by atoms with Gasteiger partial charge < -0.3 is 4.90 Å². The van der Waals surface area contributed by atoms with Crippen molar-refractivity contribution in [2.45, 2.75) is 26.8 Å². The van der Waals surface area contributed by atoms with E-state index < -0.39 is 0 Å². The fourth-order valence-corrected chi connectivity index (χ4v) is 3.66. The molecule has 0 saturated carbocycles. The van der Waals surface area contributed by atoms with E-state index in [1.54, 1.807) is 6.07 Å². The van der Waals surface area contributed by atoms with Crippen molar-refractivity contribution < 1.29 is 4.79 Å². The fraction of sp³-hybridized carbons (Fsp3) is 0.571. The van der Waals surface area contributed by atoms with Gasteiger partial charge in [-0.2, -0.15) is 9.36 Å². The molecule has 1 aliphatic rings. The molecule has 2 atom stereocenters. The molecule has 3 rings (SSSR count). The Hall–Kier alpha value is -1.96. The number of hydrogen-bond donors (Lipinski definition) is 0. The van der Waals surface area contributed by atoms with Crippen LogP contribution in [-0.4, -0.2) is 43.7 Å². The van der Waals surface area contributed by atoms with Gasteiger partial charge in [-0.05, 0) is 46.2 Å². The first-order chi connectivity index (χ1) is 10.5. The summed E-state index contributed by atoms with van der Waals surface area (Å²) in [6.07, 6.45) is 1.14. The molecule has 0 spiro atoms. The smallest absolute Gasteiger partial charge is 0.341 e. The fourth-order valence-electron chi connectivity index (χ4n) is 3.00. The third-order valence-electron chi connectivity index (χ3n) is 3.86. The zero-order valence-corrected chi connectivity index (χ0v) is 13.5. The summed E-state index contributed by atoms with van der Waals surface area (Å²) in [5, 5.41) is 10.2. The first-order valence-electron chi connectivity index (χ1n) is 7.39. The summed E-state index contributed by atoms with van der Waals surface area (Å²) in [6.45, 7) is 5.74. The summed E-state index contributed by atoms with van der Waals surface area (Å²) in [6, 6.07) is 3.63. The van der Waals surface area contributed by atoms with Crippen LogP contribution in [0.5, 0.6) is 0 Å². The summed E-state index contributed by atoms with van der Waals surface area (Å²) in [5.41, 5.74) is -0.381. The van der Waals surface area contributed by atoms with Crippen LogP contribution >= 0.6 is 11.3 Å². The van der Waals surface area contributed by atoms with Gasteiger partial charge in [0.2, 0.25) is 5.91 Å². The molecule has 2 aromatic rings. The van der Waals surface area contributed by atoms with Gasteiger partial charge in [0, 0.05) is 13.1 Å². The summed E-state index contributed by atoms with van der Waals surface area (Å²) < 4.78 is 2.35. The van der Waals surface area contributed by atoms with Gasteiger partial charge in [0.15, 0.2) is 0 Å². The number of piperidine rings is 1. The molecule has 0 unspecified atom stereocenters. The topological polar surface area (TPSA) is 73.0 Å². The molecule has 0 aliphatic carbocycles. The van der Waals surface area contributed by atoms with Crippen LogP contribution in [0.3, 0.4) is 0 Å². The molecule has 0 aromatic carbocycles. The van der Waals surface area contributed by atoms with Gasteiger partial charge in [-0.15, -0.1) is 11.3 Å². The second-order valence-corrected chi connectivity index (χ2v) is 6.95. The number of aromatic nitrogens is 4. The van der Waals surface area contributed by atoms with E-state index in [0.717, 1.165) is 24.2 Å². The average molecular weight is 321 g/mol. The highest BCUT2D eigenvalue weighted by molar-refractivity contribution is 7.12. The van der Waals surface area contributed by atoms with Crippen molar-refractivity contribution in [3.05, 3.63) is 28.0 Å². The molecule has 8 heteroatoms. The highest BCUT2D eigenvalue weighted by Gasteiger charge is 2.26. The van der Waals surface area contributed by atoms with Gasteiger partial charge in [-0.1, -0.05) is 13.8 Å². The van der Waals surface area contributed by atoms with Gasteiger partial charge in [-0.3, -0.25) is 4.79 Å². The van der Waals surface area contributed by atoms with E-state index in [9.17, 15) is 9.59 Å². The minimum Gasteiger partial charge on any atom is -0.341 e. The van der Waals surface area contributed by atoms with Crippen molar-refractivity contribution >= 4 is 17.2 Å². The Morgan fingerprint density at radius 2 is 2.05 bits per heavy atom. The molecule has 2 aromatic heterocycles.